The van der Waals surface area contributed by atoms with Crippen molar-refractivity contribution in [1.29, 1.82) is 0 Å². The lowest BCUT2D eigenvalue weighted by molar-refractivity contribution is 0.0874. The lowest BCUT2D eigenvalue weighted by Crippen LogP contribution is -2.46. The zero-order chi connectivity index (χ0) is 31.6. The van der Waals surface area contributed by atoms with Crippen LogP contribution in [0.2, 0.25) is 25.7 Å². The smallest absolute Gasteiger partial charge is 0.407 e. The van der Waals surface area contributed by atoms with Gasteiger partial charge in [0, 0.05) is 51.1 Å². The number of aromatic nitrogens is 3. The topological polar surface area (TPSA) is 128 Å². The number of likely N-dealkylation sites (tertiary alicyclic amines) is 1. The Kier molecular flexibility index (Phi) is 9.44. The van der Waals surface area contributed by atoms with E-state index in [4.69, 9.17) is 14.2 Å². The van der Waals surface area contributed by atoms with Crippen molar-refractivity contribution in [2.75, 3.05) is 33.4 Å². The molecule has 5 rings (SSSR count). The van der Waals surface area contributed by atoms with E-state index in [1.807, 2.05) is 11.5 Å². The third-order valence-corrected chi connectivity index (χ3v) is 10.0. The molecule has 238 valence electrons. The van der Waals surface area contributed by atoms with Crippen molar-refractivity contribution in [2.24, 2.45) is 5.92 Å². The summed E-state index contributed by atoms with van der Waals surface area (Å²) in [4.78, 5) is 35.7. The van der Waals surface area contributed by atoms with Crippen LogP contribution in [0.5, 0.6) is 11.5 Å². The summed E-state index contributed by atoms with van der Waals surface area (Å²) in [5.41, 5.74) is 2.85. The van der Waals surface area contributed by atoms with E-state index in [0.717, 1.165) is 18.9 Å². The number of hydrogen-bond donors (Lipinski definition) is 2. The summed E-state index contributed by atoms with van der Waals surface area (Å²) < 4.78 is 34.6. The maximum Gasteiger partial charge on any atom is 0.407 e. The summed E-state index contributed by atoms with van der Waals surface area (Å²) >= 11 is 0. The summed E-state index contributed by atoms with van der Waals surface area (Å²) in [7, 11) is 0.0654. The maximum absolute atomic E-state index is 15.2. The van der Waals surface area contributed by atoms with Gasteiger partial charge in [-0.2, -0.15) is 0 Å². The molecule has 44 heavy (non-hydrogen) atoms. The van der Waals surface area contributed by atoms with Crippen LogP contribution in [0, 0.1) is 18.7 Å². The molecule has 0 radical (unpaired) electrons. The Labute approximate surface area is 257 Å². The van der Waals surface area contributed by atoms with Gasteiger partial charge in [0.05, 0.1) is 24.8 Å². The third kappa shape index (κ3) is 7.15. The van der Waals surface area contributed by atoms with Crippen LogP contribution in [0.15, 0.2) is 18.5 Å². The number of carboxylic acid groups (broad SMARTS) is 1. The predicted octanol–water partition coefficient (Wildman–Crippen LogP) is 5.53. The van der Waals surface area contributed by atoms with E-state index in [1.54, 1.807) is 6.07 Å². The molecule has 13 heteroatoms. The highest BCUT2D eigenvalue weighted by Gasteiger charge is 2.30. The first-order chi connectivity index (χ1) is 21.0. The van der Waals surface area contributed by atoms with Crippen LogP contribution in [0.4, 0.5) is 9.18 Å². The molecule has 0 atom stereocenters. The Balaban J connectivity index is 1.55. The number of ether oxygens (including phenoxy) is 3. The highest BCUT2D eigenvalue weighted by molar-refractivity contribution is 6.76. The Hall–Kier alpha value is -3.71. The largest absolute Gasteiger partial charge is 0.494 e. The SMILES string of the molecule is COc1cc(OCC2CC2)c(-c2ncnc3c(C(=O)NC4CCN(C(=O)O)CC4)c(C)n(COCC[Si](C)(C)C)c23)cc1F. The number of rotatable bonds is 12. The van der Waals surface area contributed by atoms with Crippen LogP contribution in [0.3, 0.4) is 0 Å². The highest BCUT2D eigenvalue weighted by Crippen LogP contribution is 2.40. The normalized spacial score (nSPS) is 15.9. The fraction of sp³-hybridized carbons (Fsp3) is 0.548. The van der Waals surface area contributed by atoms with Crippen molar-refractivity contribution in [1.82, 2.24) is 24.8 Å². The Morgan fingerprint density at radius 3 is 2.48 bits per heavy atom. The molecule has 0 spiro atoms. The first kappa shape index (κ1) is 31.7. The summed E-state index contributed by atoms with van der Waals surface area (Å²) in [5.74, 6) is 0.113. The van der Waals surface area contributed by atoms with Crippen LogP contribution >= 0.6 is 0 Å². The molecule has 2 aliphatic rings. The zero-order valence-corrected chi connectivity index (χ0v) is 27.1. The average Bonchev–Trinajstić information content (AvgIpc) is 3.76. The molecule has 2 aromatic heterocycles. The standard InChI is InChI=1S/C31H42FN5O6Si/c1-19-26(30(38)35-21-8-10-36(11-9-21)31(39)40)28-29(37(19)18-42-12-13-44(3,4)5)27(33-17-34-28)22-14-23(32)25(41-2)15-24(22)43-16-20-6-7-20/h14-15,17,20-21H,6-13,16,18H2,1-5H3,(H,35,38)(H,39,40). The van der Waals surface area contributed by atoms with Gasteiger partial charge in [-0.05, 0) is 50.6 Å². The highest BCUT2D eigenvalue weighted by atomic mass is 28.3. The van der Waals surface area contributed by atoms with Crippen LogP contribution in [-0.2, 0) is 11.5 Å². The maximum atomic E-state index is 15.2. The van der Waals surface area contributed by atoms with Crippen molar-refractivity contribution >= 4 is 31.1 Å². The van der Waals surface area contributed by atoms with E-state index >= 15 is 4.39 Å². The van der Waals surface area contributed by atoms with E-state index in [9.17, 15) is 14.7 Å². The molecule has 1 saturated heterocycles. The van der Waals surface area contributed by atoms with Crippen LogP contribution < -0.4 is 14.8 Å². The molecule has 0 unspecified atom stereocenters. The van der Waals surface area contributed by atoms with Crippen molar-refractivity contribution in [3.05, 3.63) is 35.5 Å². The molecule has 2 N–H and O–H groups in total. The van der Waals surface area contributed by atoms with Gasteiger partial charge >= 0.3 is 6.09 Å². The van der Waals surface area contributed by atoms with Gasteiger partial charge in [0.25, 0.3) is 5.91 Å². The van der Waals surface area contributed by atoms with E-state index in [1.165, 1.54) is 24.4 Å². The summed E-state index contributed by atoms with van der Waals surface area (Å²) in [6.07, 6.45) is 3.64. The van der Waals surface area contributed by atoms with Crippen molar-refractivity contribution < 1.29 is 33.3 Å². The summed E-state index contributed by atoms with van der Waals surface area (Å²) in [6, 6.07) is 3.70. The molecule has 11 nitrogen and oxygen atoms in total. The first-order valence-electron chi connectivity index (χ1n) is 15.2. The van der Waals surface area contributed by atoms with Crippen LogP contribution in [0.25, 0.3) is 22.3 Å². The predicted molar refractivity (Wildman–Crippen MR) is 167 cm³/mol. The molecule has 2 amide bonds. The fourth-order valence-electron chi connectivity index (χ4n) is 5.42. The molecule has 2 fully saturated rings. The Morgan fingerprint density at radius 2 is 1.84 bits per heavy atom. The number of carbonyl (C=O) groups excluding carboxylic acids is 1. The quantitative estimate of drug-likeness (QED) is 0.198. The summed E-state index contributed by atoms with van der Waals surface area (Å²) in [6.45, 7) is 10.6. The number of piperidine rings is 1. The second kappa shape index (κ2) is 13.1. The van der Waals surface area contributed by atoms with Crippen molar-refractivity contribution in [3.63, 3.8) is 0 Å². The number of carbonyl (C=O) groups is 2. The second-order valence-corrected chi connectivity index (χ2v) is 18.5. The number of nitrogens with zero attached hydrogens (tertiary/aromatic N) is 4. The number of halogens is 1. The molecule has 1 aliphatic heterocycles. The van der Waals surface area contributed by atoms with Gasteiger partial charge in [0.2, 0.25) is 0 Å². The molecule has 1 aromatic carbocycles. The monoisotopic (exact) mass is 627 g/mol. The zero-order valence-electron chi connectivity index (χ0n) is 26.1. The number of methoxy groups -OCH3 is 1. The second-order valence-electron chi connectivity index (χ2n) is 12.9. The molecule has 1 saturated carbocycles. The van der Waals surface area contributed by atoms with Gasteiger partial charge in [-0.3, -0.25) is 4.79 Å². The third-order valence-electron chi connectivity index (χ3n) is 8.32. The van der Waals surface area contributed by atoms with Gasteiger partial charge in [-0.1, -0.05) is 19.6 Å². The fourth-order valence-corrected chi connectivity index (χ4v) is 6.17. The van der Waals surface area contributed by atoms with Gasteiger partial charge in [-0.25, -0.2) is 19.2 Å². The Morgan fingerprint density at radius 1 is 1.11 bits per heavy atom. The molecular formula is C31H42FN5O6Si. The summed E-state index contributed by atoms with van der Waals surface area (Å²) in [5, 5.41) is 12.4. The minimum absolute atomic E-state index is 0.0695. The van der Waals surface area contributed by atoms with Gasteiger partial charge in [0.1, 0.15) is 30.0 Å². The number of benzene rings is 1. The molecule has 0 bridgehead atoms. The minimum atomic E-state index is -1.35. The van der Waals surface area contributed by atoms with Gasteiger partial charge < -0.3 is 34.1 Å². The van der Waals surface area contributed by atoms with Crippen LogP contribution in [-0.4, -0.2) is 84.1 Å². The van der Waals surface area contributed by atoms with E-state index in [0.29, 0.717) is 84.4 Å². The Bertz CT molecular complexity index is 1530. The molecule has 3 aromatic rings. The number of nitrogens with one attached hydrogen (secondary N) is 1. The van der Waals surface area contributed by atoms with E-state index in [-0.39, 0.29) is 24.4 Å². The van der Waals surface area contributed by atoms with Crippen LogP contribution in [0.1, 0.15) is 41.7 Å². The van der Waals surface area contributed by atoms with E-state index in [2.05, 4.69) is 34.9 Å². The molecule has 3 heterocycles. The number of amides is 2. The van der Waals surface area contributed by atoms with Crippen molar-refractivity contribution in [2.45, 2.75) is 71.1 Å². The average molecular weight is 628 g/mol. The van der Waals surface area contributed by atoms with E-state index < -0.39 is 20.0 Å². The van der Waals surface area contributed by atoms with Crippen molar-refractivity contribution in [3.8, 4) is 22.8 Å². The number of hydrogen-bond acceptors (Lipinski definition) is 7. The lowest BCUT2D eigenvalue weighted by atomic mass is 10.0. The lowest BCUT2D eigenvalue weighted by Gasteiger charge is -2.30. The molecule has 1 aliphatic carbocycles. The minimum Gasteiger partial charge on any atom is -0.494 e. The van der Waals surface area contributed by atoms with Gasteiger partial charge in [-0.15, -0.1) is 0 Å². The first-order valence-corrected chi connectivity index (χ1v) is 18.9. The van der Waals surface area contributed by atoms with Gasteiger partial charge in [0.15, 0.2) is 11.6 Å². The number of fused-ring (bicyclic) bond motifs is 1. The molecular weight excluding hydrogens is 585 g/mol.